The zero-order valence-electron chi connectivity index (χ0n) is 10.7. The maximum absolute atomic E-state index is 10.9. The van der Waals surface area contributed by atoms with E-state index in [1.165, 1.54) is 0 Å². The molecule has 1 atom stereocenters. The minimum absolute atomic E-state index is 0.196. The fourth-order valence-corrected chi connectivity index (χ4v) is 1.86. The Kier molecular flexibility index (Phi) is 5.35. The molecular weight excluding hydrogens is 234 g/mol. The van der Waals surface area contributed by atoms with E-state index in [2.05, 4.69) is 24.3 Å². The molecule has 0 saturated heterocycles. The number of hydrogen-bond donors (Lipinski definition) is 2. The Hall–Kier alpha value is -1.85. The van der Waals surface area contributed by atoms with Gasteiger partial charge in [-0.05, 0) is 18.9 Å². The SMILES string of the molecule is CCC(CC)n1ccc(CC(NC=O)C(=O)O)n1. The second-order valence-electron chi connectivity index (χ2n) is 4.14. The second kappa shape index (κ2) is 6.78. The van der Waals surface area contributed by atoms with Gasteiger partial charge < -0.3 is 10.4 Å². The molecule has 100 valence electrons. The van der Waals surface area contributed by atoms with Crippen LogP contribution in [0.15, 0.2) is 12.3 Å². The van der Waals surface area contributed by atoms with E-state index in [1.807, 2.05) is 10.9 Å². The zero-order chi connectivity index (χ0) is 13.5. The van der Waals surface area contributed by atoms with Crippen LogP contribution in [0.3, 0.4) is 0 Å². The van der Waals surface area contributed by atoms with Gasteiger partial charge in [0, 0.05) is 12.6 Å². The quantitative estimate of drug-likeness (QED) is 0.676. The summed E-state index contributed by atoms with van der Waals surface area (Å²) in [5.41, 5.74) is 0.670. The fraction of sp³-hybridized carbons (Fsp3) is 0.583. The minimum Gasteiger partial charge on any atom is -0.480 e. The lowest BCUT2D eigenvalue weighted by Gasteiger charge is -2.13. The molecule has 1 aromatic rings. The minimum atomic E-state index is -1.06. The summed E-state index contributed by atoms with van der Waals surface area (Å²) in [5.74, 6) is -1.06. The van der Waals surface area contributed by atoms with Gasteiger partial charge in [-0.15, -0.1) is 0 Å². The van der Waals surface area contributed by atoms with Crippen molar-refractivity contribution in [3.05, 3.63) is 18.0 Å². The number of hydrogen-bond acceptors (Lipinski definition) is 3. The van der Waals surface area contributed by atoms with Crippen molar-refractivity contribution in [3.8, 4) is 0 Å². The van der Waals surface area contributed by atoms with Crippen molar-refractivity contribution in [2.24, 2.45) is 0 Å². The lowest BCUT2D eigenvalue weighted by atomic mass is 10.1. The lowest BCUT2D eigenvalue weighted by molar-refractivity contribution is -0.140. The summed E-state index contributed by atoms with van der Waals surface area (Å²) < 4.78 is 1.86. The van der Waals surface area contributed by atoms with Gasteiger partial charge in [0.1, 0.15) is 6.04 Å². The summed E-state index contributed by atoms with van der Waals surface area (Å²) in [6, 6.07) is 1.20. The number of nitrogens with one attached hydrogen (secondary N) is 1. The molecule has 0 radical (unpaired) electrons. The third-order valence-corrected chi connectivity index (χ3v) is 2.96. The summed E-state index contributed by atoms with van der Waals surface area (Å²) in [6.45, 7) is 4.17. The maximum atomic E-state index is 10.9. The van der Waals surface area contributed by atoms with Crippen molar-refractivity contribution >= 4 is 12.4 Å². The van der Waals surface area contributed by atoms with Crippen molar-refractivity contribution in [2.45, 2.75) is 45.2 Å². The smallest absolute Gasteiger partial charge is 0.326 e. The van der Waals surface area contributed by atoms with Crippen LogP contribution in [-0.4, -0.2) is 33.3 Å². The van der Waals surface area contributed by atoms with Crippen LogP contribution in [0.5, 0.6) is 0 Å². The van der Waals surface area contributed by atoms with Gasteiger partial charge >= 0.3 is 5.97 Å². The molecule has 18 heavy (non-hydrogen) atoms. The van der Waals surface area contributed by atoms with Crippen LogP contribution < -0.4 is 5.32 Å². The van der Waals surface area contributed by atoms with E-state index in [-0.39, 0.29) is 6.42 Å². The lowest BCUT2D eigenvalue weighted by Crippen LogP contribution is -2.37. The molecule has 1 rings (SSSR count). The summed E-state index contributed by atoms with van der Waals surface area (Å²) >= 11 is 0. The predicted octanol–water partition coefficient (Wildman–Crippen LogP) is 0.986. The highest BCUT2D eigenvalue weighted by Crippen LogP contribution is 2.14. The predicted molar refractivity (Wildman–Crippen MR) is 66.2 cm³/mol. The van der Waals surface area contributed by atoms with E-state index < -0.39 is 12.0 Å². The van der Waals surface area contributed by atoms with Crippen LogP contribution in [0.25, 0.3) is 0 Å². The van der Waals surface area contributed by atoms with Crippen LogP contribution in [0.4, 0.5) is 0 Å². The molecular formula is C12H19N3O3. The largest absolute Gasteiger partial charge is 0.480 e. The van der Waals surface area contributed by atoms with E-state index >= 15 is 0 Å². The summed E-state index contributed by atoms with van der Waals surface area (Å²) in [4.78, 5) is 21.2. The Bertz CT molecular complexity index is 399. The Morgan fingerprint density at radius 2 is 2.22 bits per heavy atom. The molecule has 0 spiro atoms. The average molecular weight is 253 g/mol. The molecule has 0 aromatic carbocycles. The van der Waals surface area contributed by atoms with Crippen LogP contribution in [0.2, 0.25) is 0 Å². The first-order chi connectivity index (χ1) is 8.62. The average Bonchev–Trinajstić information content (AvgIpc) is 2.78. The molecule has 0 saturated carbocycles. The number of carboxylic acids is 1. The summed E-state index contributed by atoms with van der Waals surface area (Å²) in [6.07, 6.45) is 4.41. The fourth-order valence-electron chi connectivity index (χ4n) is 1.86. The van der Waals surface area contributed by atoms with Crippen molar-refractivity contribution in [3.63, 3.8) is 0 Å². The van der Waals surface area contributed by atoms with Crippen molar-refractivity contribution < 1.29 is 14.7 Å². The number of carbonyl (C=O) groups is 2. The molecule has 0 bridgehead atoms. The monoisotopic (exact) mass is 253 g/mol. The number of carbonyl (C=O) groups excluding carboxylic acids is 1. The van der Waals surface area contributed by atoms with E-state index in [9.17, 15) is 9.59 Å². The third kappa shape index (κ3) is 3.58. The number of carboxylic acid groups (broad SMARTS) is 1. The molecule has 1 aromatic heterocycles. The van der Waals surface area contributed by atoms with Gasteiger partial charge in [0.25, 0.3) is 0 Å². The van der Waals surface area contributed by atoms with Gasteiger partial charge in [0.15, 0.2) is 0 Å². The van der Waals surface area contributed by atoms with E-state index in [4.69, 9.17) is 5.11 Å². The molecule has 0 fully saturated rings. The van der Waals surface area contributed by atoms with Crippen molar-refractivity contribution in [1.29, 1.82) is 0 Å². The normalized spacial score (nSPS) is 12.4. The van der Waals surface area contributed by atoms with Crippen molar-refractivity contribution in [1.82, 2.24) is 15.1 Å². The van der Waals surface area contributed by atoms with Crippen molar-refractivity contribution in [2.75, 3.05) is 0 Å². The first-order valence-electron chi connectivity index (χ1n) is 6.08. The maximum Gasteiger partial charge on any atom is 0.326 e. The molecule has 6 heteroatoms. The molecule has 1 unspecified atom stereocenters. The molecule has 2 N–H and O–H groups in total. The Labute approximate surface area is 106 Å². The van der Waals surface area contributed by atoms with Gasteiger partial charge in [-0.3, -0.25) is 9.48 Å². The van der Waals surface area contributed by atoms with Crippen LogP contribution >= 0.6 is 0 Å². The molecule has 0 aliphatic heterocycles. The highest BCUT2D eigenvalue weighted by atomic mass is 16.4. The zero-order valence-corrected chi connectivity index (χ0v) is 10.7. The van der Waals surface area contributed by atoms with Gasteiger partial charge in [0.2, 0.25) is 6.41 Å². The van der Waals surface area contributed by atoms with E-state index in [0.29, 0.717) is 18.1 Å². The van der Waals surface area contributed by atoms with E-state index in [0.717, 1.165) is 12.8 Å². The van der Waals surface area contributed by atoms with Crippen LogP contribution in [-0.2, 0) is 16.0 Å². The van der Waals surface area contributed by atoms with Gasteiger partial charge in [-0.25, -0.2) is 4.79 Å². The highest BCUT2D eigenvalue weighted by molar-refractivity contribution is 5.76. The number of aromatic nitrogens is 2. The van der Waals surface area contributed by atoms with Gasteiger partial charge in [-0.2, -0.15) is 5.10 Å². The standard InChI is InChI=1S/C12H19N3O3/c1-3-10(4-2)15-6-5-9(14-15)7-11(12(17)18)13-8-16/h5-6,8,10-11H,3-4,7H2,1-2H3,(H,13,16)(H,17,18). The molecule has 1 amide bonds. The third-order valence-electron chi connectivity index (χ3n) is 2.96. The van der Waals surface area contributed by atoms with Crippen LogP contribution in [0.1, 0.15) is 38.4 Å². The Morgan fingerprint density at radius 1 is 1.56 bits per heavy atom. The topological polar surface area (TPSA) is 84.2 Å². The Balaban J connectivity index is 2.73. The number of nitrogens with zero attached hydrogens (tertiary/aromatic N) is 2. The number of aliphatic carboxylic acids is 1. The highest BCUT2D eigenvalue weighted by Gasteiger charge is 2.18. The summed E-state index contributed by atoms with van der Waals surface area (Å²) in [7, 11) is 0. The first-order valence-corrected chi connectivity index (χ1v) is 6.08. The summed E-state index contributed by atoms with van der Waals surface area (Å²) in [5, 5.41) is 15.5. The molecule has 1 heterocycles. The van der Waals surface area contributed by atoms with Crippen LogP contribution in [0, 0.1) is 0 Å². The van der Waals surface area contributed by atoms with Gasteiger partial charge in [-0.1, -0.05) is 13.8 Å². The molecule has 0 aliphatic carbocycles. The molecule has 0 aliphatic rings. The first kappa shape index (κ1) is 14.2. The van der Waals surface area contributed by atoms with E-state index in [1.54, 1.807) is 6.07 Å². The Morgan fingerprint density at radius 3 is 2.72 bits per heavy atom. The second-order valence-corrected chi connectivity index (χ2v) is 4.14. The number of rotatable bonds is 8. The number of amides is 1. The van der Waals surface area contributed by atoms with Gasteiger partial charge in [0.05, 0.1) is 11.7 Å². The molecule has 6 nitrogen and oxygen atoms in total.